The molecule has 2 bridgehead atoms. The van der Waals surface area contributed by atoms with E-state index in [1.807, 2.05) is 0 Å². The highest BCUT2D eigenvalue weighted by molar-refractivity contribution is 9.09. The lowest BCUT2D eigenvalue weighted by molar-refractivity contribution is -0.0195. The van der Waals surface area contributed by atoms with Crippen molar-refractivity contribution in [3.63, 3.8) is 0 Å². The standard InChI is InChI=1S/C9H15BrO/c10-4-3-7-5-8-1-2-9(6-7)11-8/h7-9H,1-6H2. The van der Waals surface area contributed by atoms with E-state index in [-0.39, 0.29) is 0 Å². The van der Waals surface area contributed by atoms with Crippen LogP contribution in [-0.4, -0.2) is 17.5 Å². The number of ether oxygens (including phenoxy) is 1. The van der Waals surface area contributed by atoms with Crippen LogP contribution in [0.15, 0.2) is 0 Å². The summed E-state index contributed by atoms with van der Waals surface area (Å²) in [6.07, 6.45) is 7.88. The van der Waals surface area contributed by atoms with E-state index in [0.29, 0.717) is 12.2 Å². The molecule has 0 aromatic carbocycles. The highest BCUT2D eigenvalue weighted by Gasteiger charge is 2.34. The average molecular weight is 219 g/mol. The number of alkyl halides is 1. The molecule has 64 valence electrons. The smallest absolute Gasteiger partial charge is 0.0582 e. The minimum absolute atomic E-state index is 0.623. The zero-order valence-electron chi connectivity index (χ0n) is 6.76. The molecule has 0 radical (unpaired) electrons. The molecule has 2 aliphatic rings. The molecule has 2 fully saturated rings. The van der Waals surface area contributed by atoms with Crippen molar-refractivity contribution in [1.29, 1.82) is 0 Å². The minimum atomic E-state index is 0.623. The lowest BCUT2D eigenvalue weighted by Crippen LogP contribution is -2.24. The van der Waals surface area contributed by atoms with Gasteiger partial charge < -0.3 is 4.74 Å². The molecule has 2 atom stereocenters. The molecule has 2 heterocycles. The van der Waals surface area contributed by atoms with Gasteiger partial charge in [0.05, 0.1) is 12.2 Å². The SMILES string of the molecule is BrCCC1CC2CCC(C1)O2. The van der Waals surface area contributed by atoms with Crippen molar-refractivity contribution in [3.05, 3.63) is 0 Å². The van der Waals surface area contributed by atoms with Gasteiger partial charge in [-0.05, 0) is 38.0 Å². The predicted octanol–water partition coefficient (Wildman–Crippen LogP) is 2.73. The summed E-state index contributed by atoms with van der Waals surface area (Å²) < 4.78 is 5.76. The quantitative estimate of drug-likeness (QED) is 0.649. The Kier molecular flexibility index (Phi) is 2.52. The molecule has 2 saturated heterocycles. The third-order valence-electron chi connectivity index (χ3n) is 2.91. The third-order valence-corrected chi connectivity index (χ3v) is 3.36. The molecule has 0 spiro atoms. The molecule has 2 heteroatoms. The number of fused-ring (bicyclic) bond motifs is 2. The summed E-state index contributed by atoms with van der Waals surface area (Å²) in [5.74, 6) is 0.945. The van der Waals surface area contributed by atoms with Gasteiger partial charge in [0.15, 0.2) is 0 Å². The van der Waals surface area contributed by atoms with Crippen LogP contribution in [0.5, 0.6) is 0 Å². The topological polar surface area (TPSA) is 9.23 Å². The predicted molar refractivity (Wildman–Crippen MR) is 49.0 cm³/mol. The molecule has 2 unspecified atom stereocenters. The fourth-order valence-electron chi connectivity index (χ4n) is 2.36. The second-order valence-corrected chi connectivity index (χ2v) is 4.57. The number of hydrogen-bond donors (Lipinski definition) is 0. The first-order chi connectivity index (χ1) is 5.38. The summed E-state index contributed by atoms with van der Waals surface area (Å²) in [5.41, 5.74) is 0. The first kappa shape index (κ1) is 8.06. The number of hydrogen-bond acceptors (Lipinski definition) is 1. The van der Waals surface area contributed by atoms with Crippen LogP contribution >= 0.6 is 15.9 Å². The van der Waals surface area contributed by atoms with Gasteiger partial charge in [0.2, 0.25) is 0 Å². The van der Waals surface area contributed by atoms with Gasteiger partial charge in [-0.25, -0.2) is 0 Å². The van der Waals surface area contributed by atoms with Crippen LogP contribution in [0.25, 0.3) is 0 Å². The van der Waals surface area contributed by atoms with Crippen molar-refractivity contribution < 1.29 is 4.74 Å². The molecule has 11 heavy (non-hydrogen) atoms. The second-order valence-electron chi connectivity index (χ2n) is 3.77. The molecule has 2 rings (SSSR count). The van der Waals surface area contributed by atoms with Crippen LogP contribution in [0.2, 0.25) is 0 Å². The minimum Gasteiger partial charge on any atom is -0.375 e. The molecule has 0 amide bonds. The van der Waals surface area contributed by atoms with E-state index < -0.39 is 0 Å². The maximum atomic E-state index is 5.76. The summed E-state index contributed by atoms with van der Waals surface area (Å²) in [6, 6.07) is 0. The molecule has 2 aliphatic heterocycles. The van der Waals surface area contributed by atoms with Crippen LogP contribution in [-0.2, 0) is 4.74 Å². The summed E-state index contributed by atoms with van der Waals surface area (Å²) in [7, 11) is 0. The van der Waals surface area contributed by atoms with E-state index in [4.69, 9.17) is 4.74 Å². The van der Waals surface area contributed by atoms with Crippen LogP contribution in [0, 0.1) is 5.92 Å². The summed E-state index contributed by atoms with van der Waals surface area (Å²) in [5, 5.41) is 1.16. The molecule has 0 saturated carbocycles. The van der Waals surface area contributed by atoms with Crippen molar-refractivity contribution in [1.82, 2.24) is 0 Å². The van der Waals surface area contributed by atoms with Gasteiger partial charge in [-0.15, -0.1) is 0 Å². The van der Waals surface area contributed by atoms with Gasteiger partial charge in [-0.2, -0.15) is 0 Å². The molecule has 1 nitrogen and oxygen atoms in total. The Morgan fingerprint density at radius 1 is 1.18 bits per heavy atom. The van der Waals surface area contributed by atoms with E-state index in [2.05, 4.69) is 15.9 Å². The number of halogens is 1. The van der Waals surface area contributed by atoms with Gasteiger partial charge >= 0.3 is 0 Å². The van der Waals surface area contributed by atoms with Crippen molar-refractivity contribution >= 4 is 15.9 Å². The van der Waals surface area contributed by atoms with Gasteiger partial charge in [0.25, 0.3) is 0 Å². The Morgan fingerprint density at radius 3 is 2.36 bits per heavy atom. The van der Waals surface area contributed by atoms with E-state index in [1.54, 1.807) is 0 Å². The fraction of sp³-hybridized carbons (Fsp3) is 1.00. The summed E-state index contributed by atoms with van der Waals surface area (Å²) >= 11 is 3.50. The first-order valence-corrected chi connectivity index (χ1v) is 5.72. The van der Waals surface area contributed by atoms with Crippen molar-refractivity contribution in [2.24, 2.45) is 5.92 Å². The Labute approximate surface area is 76.6 Å². The van der Waals surface area contributed by atoms with Gasteiger partial charge in [-0.3, -0.25) is 0 Å². The van der Waals surface area contributed by atoms with E-state index in [1.165, 1.54) is 32.1 Å². The van der Waals surface area contributed by atoms with E-state index in [0.717, 1.165) is 11.2 Å². The Balaban J connectivity index is 1.87. The lowest BCUT2D eigenvalue weighted by atomic mass is 9.93. The maximum absolute atomic E-state index is 5.76. The van der Waals surface area contributed by atoms with Crippen molar-refractivity contribution in [3.8, 4) is 0 Å². The first-order valence-electron chi connectivity index (χ1n) is 4.60. The maximum Gasteiger partial charge on any atom is 0.0582 e. The van der Waals surface area contributed by atoms with Crippen LogP contribution in [0.1, 0.15) is 32.1 Å². The Morgan fingerprint density at radius 2 is 1.82 bits per heavy atom. The monoisotopic (exact) mass is 218 g/mol. The number of rotatable bonds is 2. The summed E-state index contributed by atoms with van der Waals surface area (Å²) in [6.45, 7) is 0. The van der Waals surface area contributed by atoms with E-state index in [9.17, 15) is 0 Å². The van der Waals surface area contributed by atoms with E-state index >= 15 is 0 Å². The molecule has 0 aliphatic carbocycles. The largest absolute Gasteiger partial charge is 0.375 e. The highest BCUT2D eigenvalue weighted by atomic mass is 79.9. The normalized spacial score (nSPS) is 42.8. The van der Waals surface area contributed by atoms with Gasteiger partial charge in [0.1, 0.15) is 0 Å². The molecule has 0 aromatic rings. The fourth-order valence-corrected chi connectivity index (χ4v) is 3.00. The molecular weight excluding hydrogens is 204 g/mol. The molecular formula is C9H15BrO. The van der Waals surface area contributed by atoms with Crippen LogP contribution < -0.4 is 0 Å². The molecule has 0 aromatic heterocycles. The summed E-state index contributed by atoms with van der Waals surface area (Å²) in [4.78, 5) is 0. The van der Waals surface area contributed by atoms with Crippen molar-refractivity contribution in [2.75, 3.05) is 5.33 Å². The van der Waals surface area contributed by atoms with Crippen molar-refractivity contribution in [2.45, 2.75) is 44.3 Å². The second kappa shape index (κ2) is 3.44. The lowest BCUT2D eigenvalue weighted by Gasteiger charge is -2.27. The van der Waals surface area contributed by atoms with Gasteiger partial charge in [0, 0.05) is 5.33 Å². The van der Waals surface area contributed by atoms with Crippen LogP contribution in [0.3, 0.4) is 0 Å². The van der Waals surface area contributed by atoms with Gasteiger partial charge in [-0.1, -0.05) is 15.9 Å². The van der Waals surface area contributed by atoms with Crippen LogP contribution in [0.4, 0.5) is 0 Å². The Hall–Kier alpha value is 0.440. The third kappa shape index (κ3) is 1.78. The zero-order chi connectivity index (χ0) is 7.68. The Bertz CT molecular complexity index is 126. The zero-order valence-corrected chi connectivity index (χ0v) is 8.35. The molecule has 0 N–H and O–H groups in total. The average Bonchev–Trinajstić information content (AvgIpc) is 2.32. The highest BCUT2D eigenvalue weighted by Crippen LogP contribution is 2.37.